The topological polar surface area (TPSA) is 55.6 Å². The van der Waals surface area contributed by atoms with Crippen molar-refractivity contribution in [2.45, 2.75) is 52.2 Å². The number of nitrogens with zero attached hydrogens (tertiary/aromatic N) is 1. The summed E-state index contributed by atoms with van der Waals surface area (Å²) in [5.74, 6) is 0. The maximum Gasteiger partial charge on any atom is 0.411 e. The predicted octanol–water partition coefficient (Wildman–Crippen LogP) is 3.30. The van der Waals surface area contributed by atoms with E-state index in [2.05, 4.69) is 6.07 Å². The summed E-state index contributed by atoms with van der Waals surface area (Å²) in [6.07, 6.45) is 0.564. The average molecular weight is 276 g/mol. The van der Waals surface area contributed by atoms with Crippen molar-refractivity contribution in [3.63, 3.8) is 0 Å². The van der Waals surface area contributed by atoms with Crippen molar-refractivity contribution in [1.82, 2.24) is 4.90 Å². The molecule has 0 aromatic heterocycles. The third kappa shape index (κ3) is 2.74. The van der Waals surface area contributed by atoms with E-state index in [-0.39, 0.29) is 6.09 Å². The van der Waals surface area contributed by atoms with E-state index in [1.807, 2.05) is 46.8 Å². The highest BCUT2D eigenvalue weighted by molar-refractivity contribution is 5.70. The Hall–Kier alpha value is -1.71. The van der Waals surface area contributed by atoms with Crippen molar-refractivity contribution in [3.8, 4) is 0 Å². The lowest BCUT2D eigenvalue weighted by atomic mass is 9.83. The number of amides is 1. The van der Waals surface area contributed by atoms with Gasteiger partial charge in [0.25, 0.3) is 0 Å². The maximum absolute atomic E-state index is 12.4. The van der Waals surface area contributed by atoms with Gasteiger partial charge in [-0.05, 0) is 64.3 Å². The Bertz CT molecular complexity index is 530. The van der Waals surface area contributed by atoms with E-state index in [9.17, 15) is 4.79 Å². The standard InChI is InChI=1S/C16H24N2O2/c1-15(2,3)20-14(19)18-9-8-11-6-7-12(17)10-13(11)16(18,4)5/h6-7,10H,8-9,17H2,1-5H3. The zero-order valence-electron chi connectivity index (χ0n) is 13.0. The summed E-state index contributed by atoms with van der Waals surface area (Å²) in [5, 5.41) is 0. The molecular weight excluding hydrogens is 252 g/mol. The Labute approximate surface area is 120 Å². The second-order valence-corrected chi connectivity index (χ2v) is 6.86. The molecule has 1 aliphatic rings. The van der Waals surface area contributed by atoms with Crippen molar-refractivity contribution in [2.75, 3.05) is 12.3 Å². The second kappa shape index (κ2) is 4.69. The van der Waals surface area contributed by atoms with Gasteiger partial charge in [-0.25, -0.2) is 4.79 Å². The molecule has 1 aromatic carbocycles. The van der Waals surface area contributed by atoms with Crippen LogP contribution in [0.4, 0.5) is 10.5 Å². The molecule has 0 saturated carbocycles. The van der Waals surface area contributed by atoms with E-state index in [0.29, 0.717) is 6.54 Å². The van der Waals surface area contributed by atoms with Gasteiger partial charge in [0, 0.05) is 12.2 Å². The SMILES string of the molecule is CC(C)(C)OC(=O)N1CCc2ccc(N)cc2C1(C)C. The predicted molar refractivity (Wildman–Crippen MR) is 80.5 cm³/mol. The molecule has 0 radical (unpaired) electrons. The minimum atomic E-state index is -0.483. The molecule has 0 aliphatic carbocycles. The lowest BCUT2D eigenvalue weighted by Crippen LogP contribution is -2.51. The smallest absolute Gasteiger partial charge is 0.411 e. The summed E-state index contributed by atoms with van der Waals surface area (Å²) in [5.41, 5.74) is 8.08. The molecule has 0 fully saturated rings. The fourth-order valence-corrected chi connectivity index (χ4v) is 2.68. The Balaban J connectivity index is 2.33. The summed E-state index contributed by atoms with van der Waals surface area (Å²) in [6.45, 7) is 10.4. The molecule has 0 saturated heterocycles. The van der Waals surface area contributed by atoms with Gasteiger partial charge < -0.3 is 10.5 Å². The molecule has 0 atom stereocenters. The molecule has 20 heavy (non-hydrogen) atoms. The van der Waals surface area contributed by atoms with Gasteiger partial charge in [0.15, 0.2) is 0 Å². The molecule has 0 spiro atoms. The van der Waals surface area contributed by atoms with E-state index in [1.54, 1.807) is 4.90 Å². The van der Waals surface area contributed by atoms with Crippen LogP contribution < -0.4 is 5.73 Å². The van der Waals surface area contributed by atoms with Crippen LogP contribution in [-0.4, -0.2) is 23.1 Å². The molecule has 4 nitrogen and oxygen atoms in total. The first-order valence-corrected chi connectivity index (χ1v) is 7.01. The number of fused-ring (bicyclic) bond motifs is 1. The van der Waals surface area contributed by atoms with Gasteiger partial charge in [0.1, 0.15) is 5.60 Å². The second-order valence-electron chi connectivity index (χ2n) is 6.86. The van der Waals surface area contributed by atoms with Gasteiger partial charge in [-0.2, -0.15) is 0 Å². The van der Waals surface area contributed by atoms with Gasteiger partial charge >= 0.3 is 6.09 Å². The minimum Gasteiger partial charge on any atom is -0.444 e. The molecule has 0 unspecified atom stereocenters. The van der Waals surface area contributed by atoms with Crippen molar-refractivity contribution in [1.29, 1.82) is 0 Å². The molecule has 2 N–H and O–H groups in total. The molecule has 0 bridgehead atoms. The van der Waals surface area contributed by atoms with E-state index in [1.165, 1.54) is 5.56 Å². The number of anilines is 1. The van der Waals surface area contributed by atoms with Crippen LogP contribution in [0.1, 0.15) is 45.7 Å². The summed E-state index contributed by atoms with van der Waals surface area (Å²) < 4.78 is 5.51. The first kappa shape index (κ1) is 14.7. The lowest BCUT2D eigenvalue weighted by Gasteiger charge is -2.44. The van der Waals surface area contributed by atoms with E-state index < -0.39 is 11.1 Å². The Morgan fingerprint density at radius 3 is 2.60 bits per heavy atom. The zero-order valence-corrected chi connectivity index (χ0v) is 13.0. The molecule has 110 valence electrons. The summed E-state index contributed by atoms with van der Waals surface area (Å²) >= 11 is 0. The third-order valence-electron chi connectivity index (χ3n) is 3.69. The lowest BCUT2D eigenvalue weighted by molar-refractivity contribution is -0.000296. The number of carbonyl (C=O) groups excluding carboxylic acids is 1. The number of nitrogens with two attached hydrogens (primary N) is 1. The highest BCUT2D eigenvalue weighted by Gasteiger charge is 2.39. The van der Waals surface area contributed by atoms with E-state index >= 15 is 0 Å². The van der Waals surface area contributed by atoms with Crippen molar-refractivity contribution in [2.24, 2.45) is 0 Å². The Kier molecular flexibility index (Phi) is 3.44. The van der Waals surface area contributed by atoms with E-state index in [0.717, 1.165) is 17.7 Å². The minimum absolute atomic E-state index is 0.268. The fourth-order valence-electron chi connectivity index (χ4n) is 2.68. The number of hydrogen-bond acceptors (Lipinski definition) is 3. The highest BCUT2D eigenvalue weighted by Crippen LogP contribution is 2.36. The molecule has 1 aliphatic heterocycles. The number of rotatable bonds is 0. The van der Waals surface area contributed by atoms with Crippen LogP contribution in [-0.2, 0) is 16.7 Å². The number of ether oxygens (including phenoxy) is 1. The summed E-state index contributed by atoms with van der Waals surface area (Å²) in [7, 11) is 0. The number of benzene rings is 1. The van der Waals surface area contributed by atoms with Gasteiger partial charge in [0.2, 0.25) is 0 Å². The number of carbonyl (C=O) groups is 1. The Morgan fingerprint density at radius 1 is 1.35 bits per heavy atom. The number of nitrogen functional groups attached to an aromatic ring is 1. The van der Waals surface area contributed by atoms with Crippen molar-refractivity contribution in [3.05, 3.63) is 29.3 Å². The van der Waals surface area contributed by atoms with Crippen molar-refractivity contribution >= 4 is 11.8 Å². The van der Waals surface area contributed by atoms with Gasteiger partial charge in [-0.15, -0.1) is 0 Å². The number of hydrogen-bond donors (Lipinski definition) is 1. The monoisotopic (exact) mass is 276 g/mol. The molecule has 2 rings (SSSR count). The van der Waals surface area contributed by atoms with Crippen molar-refractivity contribution < 1.29 is 9.53 Å². The molecule has 4 heteroatoms. The highest BCUT2D eigenvalue weighted by atomic mass is 16.6. The van der Waals surface area contributed by atoms with Crippen LogP contribution in [0.2, 0.25) is 0 Å². The summed E-state index contributed by atoms with van der Waals surface area (Å²) in [4.78, 5) is 14.2. The quantitative estimate of drug-likeness (QED) is 0.740. The summed E-state index contributed by atoms with van der Waals surface area (Å²) in [6, 6.07) is 5.93. The van der Waals surface area contributed by atoms with E-state index in [4.69, 9.17) is 10.5 Å². The normalized spacial score (nSPS) is 17.6. The molecule has 1 amide bonds. The van der Waals surface area contributed by atoms with Crippen LogP contribution in [0.5, 0.6) is 0 Å². The molecule has 1 heterocycles. The third-order valence-corrected chi connectivity index (χ3v) is 3.69. The maximum atomic E-state index is 12.4. The largest absolute Gasteiger partial charge is 0.444 e. The molecular formula is C16H24N2O2. The van der Waals surface area contributed by atoms with Crippen LogP contribution >= 0.6 is 0 Å². The fraction of sp³-hybridized carbons (Fsp3) is 0.562. The van der Waals surface area contributed by atoms with Gasteiger partial charge in [-0.3, -0.25) is 4.90 Å². The van der Waals surface area contributed by atoms with Gasteiger partial charge in [0.05, 0.1) is 5.54 Å². The van der Waals surface area contributed by atoms with Crippen LogP contribution in [0.15, 0.2) is 18.2 Å². The van der Waals surface area contributed by atoms with Gasteiger partial charge in [-0.1, -0.05) is 6.07 Å². The molecule has 1 aromatic rings. The first-order chi connectivity index (χ1) is 9.11. The van der Waals surface area contributed by atoms with Crippen LogP contribution in [0, 0.1) is 0 Å². The van der Waals surface area contributed by atoms with Crippen LogP contribution in [0.25, 0.3) is 0 Å². The first-order valence-electron chi connectivity index (χ1n) is 7.01. The van der Waals surface area contributed by atoms with Crippen LogP contribution in [0.3, 0.4) is 0 Å². The zero-order chi connectivity index (χ0) is 15.1. The Morgan fingerprint density at radius 2 is 2.00 bits per heavy atom. The average Bonchev–Trinajstić information content (AvgIpc) is 2.27.